The topological polar surface area (TPSA) is 58.2 Å². The van der Waals surface area contributed by atoms with Crippen molar-refractivity contribution >= 4 is 10.0 Å². The van der Waals surface area contributed by atoms with Gasteiger partial charge in [0.05, 0.1) is 6.26 Å². The molecule has 0 saturated heterocycles. The first-order chi connectivity index (χ1) is 8.96. The maximum atomic E-state index is 11.0. The van der Waals surface area contributed by atoms with Crippen LogP contribution in [0, 0.1) is 12.8 Å². The first kappa shape index (κ1) is 14.5. The van der Waals surface area contributed by atoms with E-state index in [4.69, 9.17) is 0 Å². The third-order valence-electron chi connectivity index (χ3n) is 3.38. The van der Waals surface area contributed by atoms with Crippen LogP contribution in [0.3, 0.4) is 0 Å². The summed E-state index contributed by atoms with van der Waals surface area (Å²) < 4.78 is 24.5. The average molecular weight is 282 g/mol. The van der Waals surface area contributed by atoms with Gasteiger partial charge in [-0.15, -0.1) is 0 Å². The molecule has 4 nitrogen and oxygen atoms in total. The van der Waals surface area contributed by atoms with Crippen LogP contribution in [0.25, 0.3) is 0 Å². The molecule has 1 atom stereocenters. The van der Waals surface area contributed by atoms with Crippen molar-refractivity contribution in [1.82, 2.24) is 10.0 Å². The molecule has 106 valence electrons. The predicted octanol–water partition coefficient (Wildman–Crippen LogP) is 1.58. The Bertz CT molecular complexity index is 507. The second-order valence-electron chi connectivity index (χ2n) is 5.35. The van der Waals surface area contributed by atoms with Gasteiger partial charge in [-0.1, -0.05) is 29.8 Å². The van der Waals surface area contributed by atoms with Gasteiger partial charge in [0, 0.05) is 19.1 Å². The van der Waals surface area contributed by atoms with Crippen LogP contribution in [0.4, 0.5) is 0 Å². The van der Waals surface area contributed by atoms with E-state index in [2.05, 4.69) is 41.2 Å². The molecule has 1 unspecified atom stereocenters. The Kier molecular flexibility index (Phi) is 4.60. The van der Waals surface area contributed by atoms with E-state index >= 15 is 0 Å². The highest BCUT2D eigenvalue weighted by Crippen LogP contribution is 2.40. The summed E-state index contributed by atoms with van der Waals surface area (Å²) in [5, 5.41) is 3.46. The van der Waals surface area contributed by atoms with E-state index in [1.54, 1.807) is 0 Å². The lowest BCUT2D eigenvalue weighted by molar-refractivity contribution is 0.482. The molecule has 0 bridgehead atoms. The molecule has 1 fully saturated rings. The molecule has 0 spiro atoms. The molecule has 1 aromatic carbocycles. The van der Waals surface area contributed by atoms with Crippen LogP contribution in [0.1, 0.15) is 30.0 Å². The van der Waals surface area contributed by atoms with Crippen LogP contribution in [-0.2, 0) is 10.0 Å². The molecule has 0 aromatic heterocycles. The molecule has 2 N–H and O–H groups in total. The van der Waals surface area contributed by atoms with Crippen molar-refractivity contribution in [2.45, 2.75) is 25.8 Å². The Morgan fingerprint density at radius 1 is 1.21 bits per heavy atom. The van der Waals surface area contributed by atoms with Gasteiger partial charge >= 0.3 is 0 Å². The van der Waals surface area contributed by atoms with Crippen LogP contribution in [0.15, 0.2) is 24.3 Å². The highest BCUT2D eigenvalue weighted by Gasteiger charge is 2.31. The number of rotatable bonds is 7. The fourth-order valence-corrected chi connectivity index (χ4v) is 2.70. The summed E-state index contributed by atoms with van der Waals surface area (Å²) in [5.74, 6) is 0.695. The minimum absolute atomic E-state index is 0.349. The van der Waals surface area contributed by atoms with Gasteiger partial charge in [0.25, 0.3) is 0 Å². The summed E-state index contributed by atoms with van der Waals surface area (Å²) in [6.45, 7) is 3.18. The average Bonchev–Trinajstić information content (AvgIpc) is 3.14. The summed E-state index contributed by atoms with van der Waals surface area (Å²) in [5.41, 5.74) is 2.56. The van der Waals surface area contributed by atoms with Crippen molar-refractivity contribution in [2.24, 2.45) is 5.92 Å². The lowest BCUT2D eigenvalue weighted by Gasteiger charge is -2.19. The third-order valence-corrected chi connectivity index (χ3v) is 4.11. The lowest BCUT2D eigenvalue weighted by atomic mass is 10.0. The smallest absolute Gasteiger partial charge is 0.208 e. The fourth-order valence-electron chi connectivity index (χ4n) is 2.22. The molecule has 1 saturated carbocycles. The zero-order chi connectivity index (χ0) is 13.9. The van der Waals surface area contributed by atoms with Crippen LogP contribution in [0.5, 0.6) is 0 Å². The molecule has 0 amide bonds. The number of nitrogens with one attached hydrogen (secondary N) is 2. The predicted molar refractivity (Wildman–Crippen MR) is 77.5 cm³/mol. The Labute approximate surface area is 115 Å². The largest absolute Gasteiger partial charge is 0.308 e. The number of hydrogen-bond donors (Lipinski definition) is 2. The molecule has 2 rings (SSSR count). The molecular formula is C14H22N2O2S. The monoisotopic (exact) mass is 282 g/mol. The minimum Gasteiger partial charge on any atom is -0.308 e. The summed E-state index contributed by atoms with van der Waals surface area (Å²) in [4.78, 5) is 0. The minimum atomic E-state index is -3.09. The zero-order valence-corrected chi connectivity index (χ0v) is 12.3. The molecule has 1 aromatic rings. The third kappa shape index (κ3) is 4.93. The van der Waals surface area contributed by atoms with Crippen LogP contribution in [-0.4, -0.2) is 27.8 Å². The van der Waals surface area contributed by atoms with Crippen LogP contribution in [0.2, 0.25) is 0 Å². The van der Waals surface area contributed by atoms with Crippen molar-refractivity contribution in [3.63, 3.8) is 0 Å². The maximum Gasteiger partial charge on any atom is 0.208 e. The second-order valence-corrected chi connectivity index (χ2v) is 7.18. The highest BCUT2D eigenvalue weighted by molar-refractivity contribution is 7.88. The van der Waals surface area contributed by atoms with E-state index in [-0.39, 0.29) is 0 Å². The maximum absolute atomic E-state index is 11.0. The van der Waals surface area contributed by atoms with E-state index in [1.807, 2.05) is 0 Å². The normalized spacial score (nSPS) is 17.4. The Balaban J connectivity index is 1.88. The van der Waals surface area contributed by atoms with Gasteiger partial charge in [-0.05, 0) is 31.2 Å². The van der Waals surface area contributed by atoms with Gasteiger partial charge in [0.15, 0.2) is 0 Å². The van der Waals surface area contributed by atoms with Crippen molar-refractivity contribution in [2.75, 3.05) is 19.3 Å². The van der Waals surface area contributed by atoms with Crippen LogP contribution >= 0.6 is 0 Å². The molecule has 0 heterocycles. The molecule has 5 heteroatoms. The van der Waals surface area contributed by atoms with E-state index in [9.17, 15) is 8.42 Å². The number of hydrogen-bond acceptors (Lipinski definition) is 3. The van der Waals surface area contributed by atoms with Crippen molar-refractivity contribution in [1.29, 1.82) is 0 Å². The molecule has 0 aliphatic heterocycles. The van der Waals surface area contributed by atoms with Crippen molar-refractivity contribution < 1.29 is 8.42 Å². The first-order valence-electron chi connectivity index (χ1n) is 6.70. The van der Waals surface area contributed by atoms with Crippen LogP contribution < -0.4 is 10.0 Å². The van der Waals surface area contributed by atoms with E-state index in [1.165, 1.54) is 30.2 Å². The second kappa shape index (κ2) is 6.03. The fraction of sp³-hybridized carbons (Fsp3) is 0.571. The summed E-state index contributed by atoms with van der Waals surface area (Å²) >= 11 is 0. The number of aryl methyl sites for hydroxylation is 1. The summed E-state index contributed by atoms with van der Waals surface area (Å²) in [7, 11) is -3.09. The Morgan fingerprint density at radius 3 is 2.37 bits per heavy atom. The number of benzene rings is 1. The Hall–Kier alpha value is -0.910. The summed E-state index contributed by atoms with van der Waals surface area (Å²) in [6, 6.07) is 8.93. The van der Waals surface area contributed by atoms with Gasteiger partial charge in [-0.25, -0.2) is 13.1 Å². The number of sulfonamides is 1. The SMILES string of the molecule is Cc1ccc(C(NCCNS(C)(=O)=O)C2CC2)cc1. The standard InChI is InChI=1S/C14H22N2O2S/c1-11-3-5-12(6-4-11)14(13-7-8-13)15-9-10-16-19(2,17)18/h3-6,13-16H,7-10H2,1-2H3. The van der Waals surface area contributed by atoms with Gasteiger partial charge in [0.2, 0.25) is 10.0 Å². The molecule has 1 aliphatic carbocycles. The lowest BCUT2D eigenvalue weighted by Crippen LogP contribution is -2.33. The van der Waals surface area contributed by atoms with Crippen molar-refractivity contribution in [3.8, 4) is 0 Å². The molecule has 19 heavy (non-hydrogen) atoms. The van der Waals surface area contributed by atoms with Gasteiger partial charge in [-0.3, -0.25) is 0 Å². The van der Waals surface area contributed by atoms with E-state index in [0.717, 1.165) is 0 Å². The van der Waals surface area contributed by atoms with Gasteiger partial charge in [0.1, 0.15) is 0 Å². The van der Waals surface area contributed by atoms with E-state index < -0.39 is 10.0 Å². The molecule has 0 radical (unpaired) electrons. The Morgan fingerprint density at radius 2 is 1.84 bits per heavy atom. The molecular weight excluding hydrogens is 260 g/mol. The first-order valence-corrected chi connectivity index (χ1v) is 8.59. The van der Waals surface area contributed by atoms with Crippen molar-refractivity contribution in [3.05, 3.63) is 35.4 Å². The zero-order valence-electron chi connectivity index (χ0n) is 11.5. The molecule has 1 aliphatic rings. The van der Waals surface area contributed by atoms with E-state index in [0.29, 0.717) is 25.0 Å². The quantitative estimate of drug-likeness (QED) is 0.747. The van der Waals surface area contributed by atoms with Gasteiger partial charge in [-0.2, -0.15) is 0 Å². The van der Waals surface area contributed by atoms with Gasteiger partial charge < -0.3 is 5.32 Å². The summed E-state index contributed by atoms with van der Waals surface area (Å²) in [6.07, 6.45) is 3.70. The highest BCUT2D eigenvalue weighted by atomic mass is 32.2.